The van der Waals surface area contributed by atoms with Crippen LogP contribution in [0.1, 0.15) is 5.56 Å². The molecule has 1 aromatic carbocycles. The molecule has 0 saturated carbocycles. The molecule has 2 atom stereocenters. The van der Waals surface area contributed by atoms with E-state index in [9.17, 15) is 8.78 Å². The van der Waals surface area contributed by atoms with Crippen molar-refractivity contribution in [3.63, 3.8) is 0 Å². The lowest BCUT2D eigenvalue weighted by molar-refractivity contribution is 0.503. The van der Waals surface area contributed by atoms with Gasteiger partial charge in [-0.05, 0) is 18.1 Å². The minimum absolute atomic E-state index is 0.0164. The lowest BCUT2D eigenvalue weighted by Crippen LogP contribution is -2.46. The molecule has 1 aliphatic rings. The first-order chi connectivity index (χ1) is 8.70. The zero-order chi connectivity index (χ0) is 13.0. The first-order valence-corrected chi connectivity index (χ1v) is 8.00. The first-order valence-electron chi connectivity index (χ1n) is 5.80. The molecular weight excluding hydrogens is 274 g/mol. The number of nitrogens with two attached hydrogens (primary N) is 1. The van der Waals surface area contributed by atoms with Gasteiger partial charge in [0.1, 0.15) is 11.6 Å². The first kappa shape index (κ1) is 14.1. The van der Waals surface area contributed by atoms with Crippen LogP contribution < -0.4 is 11.3 Å². The smallest absolute Gasteiger partial charge is 0.129 e. The fourth-order valence-electron chi connectivity index (χ4n) is 1.96. The molecule has 1 fully saturated rings. The van der Waals surface area contributed by atoms with Crippen LogP contribution in [-0.4, -0.2) is 28.6 Å². The van der Waals surface area contributed by atoms with Crippen LogP contribution in [0.25, 0.3) is 0 Å². The van der Waals surface area contributed by atoms with Gasteiger partial charge in [-0.2, -0.15) is 23.5 Å². The standard InChI is InChI=1S/C12H16F2N2S2/c13-9-2-1-8(10(14)6-9)5-11(16-15)12-7-17-3-4-18-12/h1-2,6,11-12,16H,3-5,7,15H2. The maximum atomic E-state index is 13.6. The Balaban J connectivity index is 2.04. The van der Waals surface area contributed by atoms with Crippen LogP contribution in [0.15, 0.2) is 18.2 Å². The number of halogens is 2. The molecule has 2 rings (SSSR count). The van der Waals surface area contributed by atoms with E-state index in [4.69, 9.17) is 5.84 Å². The summed E-state index contributed by atoms with van der Waals surface area (Å²) in [7, 11) is 0. The Bertz CT molecular complexity index is 398. The van der Waals surface area contributed by atoms with E-state index in [0.29, 0.717) is 17.2 Å². The van der Waals surface area contributed by atoms with Crippen LogP contribution in [0, 0.1) is 11.6 Å². The van der Waals surface area contributed by atoms with Crippen LogP contribution >= 0.6 is 23.5 Å². The molecule has 2 nitrogen and oxygen atoms in total. The largest absolute Gasteiger partial charge is 0.271 e. The monoisotopic (exact) mass is 290 g/mol. The van der Waals surface area contributed by atoms with E-state index in [0.717, 1.165) is 23.3 Å². The third-order valence-corrected chi connectivity index (χ3v) is 5.88. The van der Waals surface area contributed by atoms with Crippen LogP contribution in [-0.2, 0) is 6.42 Å². The molecule has 0 aromatic heterocycles. The molecule has 0 spiro atoms. The van der Waals surface area contributed by atoms with Crippen molar-refractivity contribution in [1.82, 2.24) is 5.43 Å². The van der Waals surface area contributed by atoms with E-state index >= 15 is 0 Å². The van der Waals surface area contributed by atoms with Gasteiger partial charge >= 0.3 is 0 Å². The molecule has 1 aliphatic heterocycles. The van der Waals surface area contributed by atoms with Gasteiger partial charge in [0, 0.05) is 34.6 Å². The summed E-state index contributed by atoms with van der Waals surface area (Å²) in [6.45, 7) is 0. The van der Waals surface area contributed by atoms with Crippen molar-refractivity contribution in [1.29, 1.82) is 0 Å². The van der Waals surface area contributed by atoms with Crippen LogP contribution in [0.2, 0.25) is 0 Å². The highest BCUT2D eigenvalue weighted by Crippen LogP contribution is 2.28. The Morgan fingerprint density at radius 1 is 1.39 bits per heavy atom. The fraction of sp³-hybridized carbons (Fsp3) is 0.500. The summed E-state index contributed by atoms with van der Waals surface area (Å²) in [6, 6.07) is 3.72. The van der Waals surface area contributed by atoms with Crippen LogP contribution in [0.4, 0.5) is 8.78 Å². The quantitative estimate of drug-likeness (QED) is 0.658. The Morgan fingerprint density at radius 3 is 2.83 bits per heavy atom. The number of nitrogens with one attached hydrogen (secondary N) is 1. The number of benzene rings is 1. The third kappa shape index (κ3) is 3.60. The second-order valence-electron chi connectivity index (χ2n) is 4.20. The van der Waals surface area contributed by atoms with Gasteiger partial charge in [-0.15, -0.1) is 0 Å². The van der Waals surface area contributed by atoms with E-state index in [1.165, 1.54) is 12.1 Å². The van der Waals surface area contributed by atoms with E-state index in [2.05, 4.69) is 5.43 Å². The minimum atomic E-state index is -0.545. The average Bonchev–Trinajstić information content (AvgIpc) is 2.39. The van der Waals surface area contributed by atoms with Crippen LogP contribution in [0.3, 0.4) is 0 Å². The predicted molar refractivity (Wildman–Crippen MR) is 74.7 cm³/mol. The Hall–Kier alpha value is -0.300. The summed E-state index contributed by atoms with van der Waals surface area (Å²) in [5, 5.41) is 0.373. The summed E-state index contributed by atoms with van der Waals surface area (Å²) in [5.41, 5.74) is 3.28. The molecular formula is C12H16F2N2S2. The average molecular weight is 290 g/mol. The molecule has 6 heteroatoms. The summed E-state index contributed by atoms with van der Waals surface area (Å²) < 4.78 is 26.4. The zero-order valence-corrected chi connectivity index (χ0v) is 11.5. The van der Waals surface area contributed by atoms with Crippen LogP contribution in [0.5, 0.6) is 0 Å². The summed E-state index contributed by atoms with van der Waals surface area (Å²) in [6.07, 6.45) is 0.487. The molecule has 2 unspecified atom stereocenters. The molecule has 1 aromatic rings. The highest BCUT2D eigenvalue weighted by Gasteiger charge is 2.24. The van der Waals surface area contributed by atoms with Gasteiger partial charge in [-0.3, -0.25) is 11.3 Å². The maximum Gasteiger partial charge on any atom is 0.129 e. The summed E-state index contributed by atoms with van der Waals surface area (Å²) >= 11 is 3.76. The third-order valence-electron chi connectivity index (χ3n) is 2.96. The minimum Gasteiger partial charge on any atom is -0.271 e. The van der Waals surface area contributed by atoms with Gasteiger partial charge in [0.25, 0.3) is 0 Å². The van der Waals surface area contributed by atoms with Gasteiger partial charge in [-0.25, -0.2) is 8.78 Å². The molecule has 0 aliphatic carbocycles. The molecule has 1 saturated heterocycles. The second kappa shape index (κ2) is 6.75. The predicted octanol–water partition coefficient (Wildman–Crippen LogP) is 2.19. The van der Waals surface area contributed by atoms with Gasteiger partial charge in [-0.1, -0.05) is 6.07 Å². The topological polar surface area (TPSA) is 38.0 Å². The number of rotatable bonds is 4. The van der Waals surface area contributed by atoms with Crippen molar-refractivity contribution in [2.45, 2.75) is 17.7 Å². The van der Waals surface area contributed by atoms with Crippen molar-refractivity contribution in [2.24, 2.45) is 5.84 Å². The van der Waals surface area contributed by atoms with Crippen molar-refractivity contribution in [2.75, 3.05) is 17.3 Å². The normalized spacial score (nSPS) is 21.8. The van der Waals surface area contributed by atoms with E-state index < -0.39 is 11.6 Å². The lowest BCUT2D eigenvalue weighted by atomic mass is 10.0. The van der Waals surface area contributed by atoms with E-state index in [1.807, 2.05) is 23.5 Å². The molecule has 18 heavy (non-hydrogen) atoms. The Kier molecular flexibility index (Phi) is 5.29. The molecule has 100 valence electrons. The summed E-state index contributed by atoms with van der Waals surface area (Å²) in [4.78, 5) is 0. The highest BCUT2D eigenvalue weighted by atomic mass is 32.2. The molecule has 1 heterocycles. The van der Waals surface area contributed by atoms with Gasteiger partial charge in [0.05, 0.1) is 0 Å². The highest BCUT2D eigenvalue weighted by molar-refractivity contribution is 8.06. The Labute approximate surface area is 114 Å². The van der Waals surface area contributed by atoms with Gasteiger partial charge in [0.2, 0.25) is 0 Å². The van der Waals surface area contributed by atoms with Crippen molar-refractivity contribution in [3.05, 3.63) is 35.4 Å². The number of hydrogen-bond acceptors (Lipinski definition) is 4. The molecule has 0 bridgehead atoms. The van der Waals surface area contributed by atoms with Crippen molar-refractivity contribution < 1.29 is 8.78 Å². The molecule has 0 radical (unpaired) electrons. The number of hydrogen-bond donors (Lipinski definition) is 2. The maximum absolute atomic E-state index is 13.6. The molecule has 3 N–H and O–H groups in total. The SMILES string of the molecule is NNC(Cc1ccc(F)cc1F)C1CSCCS1. The van der Waals surface area contributed by atoms with E-state index in [1.54, 1.807) is 0 Å². The summed E-state index contributed by atoms with van der Waals surface area (Å²) in [5.74, 6) is 7.79. The van der Waals surface area contributed by atoms with E-state index in [-0.39, 0.29) is 6.04 Å². The number of thioether (sulfide) groups is 2. The zero-order valence-electron chi connectivity index (χ0n) is 9.86. The molecule has 0 amide bonds. The van der Waals surface area contributed by atoms with Gasteiger partial charge in [0.15, 0.2) is 0 Å². The Morgan fingerprint density at radius 2 is 2.22 bits per heavy atom. The van der Waals surface area contributed by atoms with Gasteiger partial charge < -0.3 is 0 Å². The lowest BCUT2D eigenvalue weighted by Gasteiger charge is -2.29. The van der Waals surface area contributed by atoms with Crippen molar-refractivity contribution in [3.8, 4) is 0 Å². The fourth-order valence-corrected chi connectivity index (χ4v) is 4.83. The van der Waals surface area contributed by atoms with Crippen molar-refractivity contribution >= 4 is 23.5 Å². The second-order valence-corrected chi connectivity index (χ2v) is 6.69. The number of hydrazine groups is 1.